The number of anilines is 1. The van der Waals surface area contributed by atoms with Crippen LogP contribution in [0.25, 0.3) is 10.8 Å². The van der Waals surface area contributed by atoms with E-state index in [-0.39, 0.29) is 11.5 Å². The van der Waals surface area contributed by atoms with Crippen LogP contribution in [0.4, 0.5) is 5.69 Å². The topological polar surface area (TPSA) is 64.0 Å². The van der Waals surface area contributed by atoms with Gasteiger partial charge in [0.1, 0.15) is 0 Å². The summed E-state index contributed by atoms with van der Waals surface area (Å²) in [6.07, 6.45) is 4.76. The van der Waals surface area contributed by atoms with Gasteiger partial charge in [0.25, 0.3) is 11.5 Å². The van der Waals surface area contributed by atoms with Crippen LogP contribution in [0.5, 0.6) is 0 Å². The number of pyridine rings is 2. The van der Waals surface area contributed by atoms with Crippen LogP contribution in [0.1, 0.15) is 10.4 Å². The molecule has 2 aromatic heterocycles. The standard InChI is InChI=1S/C16H13N3O2/c1-19-10-14(12-6-2-3-7-13(12)16(19)21)15(20)18-11-5-4-8-17-9-11/h2-10H,1H3,(H,18,20). The second-order valence-corrected chi connectivity index (χ2v) is 4.70. The van der Waals surface area contributed by atoms with Crippen molar-refractivity contribution in [1.82, 2.24) is 9.55 Å². The van der Waals surface area contributed by atoms with Crippen molar-refractivity contribution in [3.8, 4) is 0 Å². The number of benzene rings is 1. The molecule has 5 nitrogen and oxygen atoms in total. The van der Waals surface area contributed by atoms with E-state index < -0.39 is 0 Å². The third-order valence-electron chi connectivity index (χ3n) is 3.25. The molecule has 1 amide bonds. The molecule has 0 spiro atoms. The lowest BCUT2D eigenvalue weighted by atomic mass is 10.1. The Bertz CT molecular complexity index is 870. The number of carbonyl (C=O) groups is 1. The van der Waals surface area contributed by atoms with Gasteiger partial charge in [0.15, 0.2) is 0 Å². The molecule has 1 aromatic carbocycles. The third-order valence-corrected chi connectivity index (χ3v) is 3.25. The van der Waals surface area contributed by atoms with Gasteiger partial charge in [0, 0.05) is 30.2 Å². The van der Waals surface area contributed by atoms with Crippen molar-refractivity contribution in [2.45, 2.75) is 0 Å². The Morgan fingerprint density at radius 1 is 1.14 bits per heavy atom. The number of fused-ring (bicyclic) bond motifs is 1. The van der Waals surface area contributed by atoms with E-state index in [1.165, 1.54) is 4.57 Å². The zero-order valence-corrected chi connectivity index (χ0v) is 11.4. The maximum Gasteiger partial charge on any atom is 0.258 e. The van der Waals surface area contributed by atoms with Crippen molar-refractivity contribution < 1.29 is 4.79 Å². The molecule has 0 saturated heterocycles. The largest absolute Gasteiger partial charge is 0.321 e. The van der Waals surface area contributed by atoms with Gasteiger partial charge in [-0.25, -0.2) is 0 Å². The summed E-state index contributed by atoms with van der Waals surface area (Å²) < 4.78 is 1.42. The fourth-order valence-corrected chi connectivity index (χ4v) is 2.23. The minimum absolute atomic E-state index is 0.122. The first-order chi connectivity index (χ1) is 10.2. The van der Waals surface area contributed by atoms with E-state index in [1.54, 1.807) is 56.0 Å². The molecule has 21 heavy (non-hydrogen) atoms. The lowest BCUT2D eigenvalue weighted by Crippen LogP contribution is -2.21. The molecular weight excluding hydrogens is 266 g/mol. The number of amides is 1. The average Bonchev–Trinajstić information content (AvgIpc) is 2.52. The number of rotatable bonds is 2. The van der Waals surface area contributed by atoms with Crippen LogP contribution < -0.4 is 10.9 Å². The highest BCUT2D eigenvalue weighted by Gasteiger charge is 2.13. The molecule has 0 radical (unpaired) electrons. The number of nitrogens with zero attached hydrogens (tertiary/aromatic N) is 2. The molecule has 0 aliphatic heterocycles. The Hall–Kier alpha value is -2.95. The van der Waals surface area contributed by atoms with E-state index in [9.17, 15) is 9.59 Å². The van der Waals surface area contributed by atoms with E-state index in [1.807, 2.05) is 6.07 Å². The highest BCUT2D eigenvalue weighted by molar-refractivity contribution is 6.12. The molecular formula is C16H13N3O2. The van der Waals surface area contributed by atoms with Gasteiger partial charge in [-0.05, 0) is 18.2 Å². The third kappa shape index (κ3) is 2.41. The SMILES string of the molecule is Cn1cc(C(=O)Nc2cccnc2)c2ccccc2c1=O. The van der Waals surface area contributed by atoms with Crippen LogP contribution in [0.2, 0.25) is 0 Å². The molecule has 2 heterocycles. The number of nitrogens with one attached hydrogen (secondary N) is 1. The molecule has 0 unspecified atom stereocenters. The first-order valence-corrected chi connectivity index (χ1v) is 6.46. The van der Waals surface area contributed by atoms with Crippen LogP contribution in [0.15, 0.2) is 59.8 Å². The molecule has 0 aliphatic carbocycles. The molecule has 0 saturated carbocycles. The fourth-order valence-electron chi connectivity index (χ4n) is 2.23. The van der Waals surface area contributed by atoms with Crippen LogP contribution in [-0.4, -0.2) is 15.5 Å². The van der Waals surface area contributed by atoms with Crippen LogP contribution in [0.3, 0.4) is 0 Å². The first-order valence-electron chi connectivity index (χ1n) is 6.46. The minimum atomic E-state index is -0.269. The second kappa shape index (κ2) is 5.20. The normalized spacial score (nSPS) is 10.5. The molecule has 0 atom stereocenters. The Balaban J connectivity index is 2.10. The minimum Gasteiger partial charge on any atom is -0.321 e. The highest BCUT2D eigenvalue weighted by atomic mass is 16.2. The molecule has 0 bridgehead atoms. The van der Waals surface area contributed by atoms with E-state index in [4.69, 9.17) is 0 Å². The summed E-state index contributed by atoms with van der Waals surface area (Å²) in [5.74, 6) is -0.269. The monoisotopic (exact) mass is 279 g/mol. The molecule has 1 N–H and O–H groups in total. The highest BCUT2D eigenvalue weighted by Crippen LogP contribution is 2.16. The Morgan fingerprint density at radius 3 is 2.62 bits per heavy atom. The van der Waals surface area contributed by atoms with Crippen molar-refractivity contribution in [3.63, 3.8) is 0 Å². The maximum atomic E-state index is 12.4. The number of aryl methyl sites for hydroxylation is 1. The van der Waals surface area contributed by atoms with Crippen molar-refractivity contribution in [2.75, 3.05) is 5.32 Å². The number of aromatic nitrogens is 2. The average molecular weight is 279 g/mol. The zero-order valence-electron chi connectivity index (χ0n) is 11.4. The summed E-state index contributed by atoms with van der Waals surface area (Å²) >= 11 is 0. The van der Waals surface area contributed by atoms with Crippen LogP contribution in [0, 0.1) is 0 Å². The molecule has 5 heteroatoms. The van der Waals surface area contributed by atoms with Crippen LogP contribution in [-0.2, 0) is 7.05 Å². The molecule has 3 aromatic rings. The van der Waals surface area contributed by atoms with E-state index in [0.29, 0.717) is 22.0 Å². The van der Waals surface area contributed by atoms with Crippen molar-refractivity contribution in [1.29, 1.82) is 0 Å². The van der Waals surface area contributed by atoms with Gasteiger partial charge in [-0.1, -0.05) is 18.2 Å². The van der Waals surface area contributed by atoms with Crippen molar-refractivity contribution >= 4 is 22.4 Å². The Labute approximate surface area is 120 Å². The lowest BCUT2D eigenvalue weighted by Gasteiger charge is -2.09. The summed E-state index contributed by atoms with van der Waals surface area (Å²) in [5, 5.41) is 3.95. The fraction of sp³-hybridized carbons (Fsp3) is 0.0625. The molecule has 0 aliphatic rings. The Morgan fingerprint density at radius 2 is 1.90 bits per heavy atom. The predicted octanol–water partition coefficient (Wildman–Crippen LogP) is 2.19. The van der Waals surface area contributed by atoms with E-state index in [2.05, 4.69) is 10.3 Å². The first kappa shape index (κ1) is 13.1. The molecule has 3 rings (SSSR count). The summed E-state index contributed by atoms with van der Waals surface area (Å²) in [6.45, 7) is 0. The predicted molar refractivity (Wildman–Crippen MR) is 81.4 cm³/mol. The van der Waals surface area contributed by atoms with Gasteiger partial charge in [-0.2, -0.15) is 0 Å². The van der Waals surface area contributed by atoms with E-state index in [0.717, 1.165) is 0 Å². The zero-order chi connectivity index (χ0) is 14.8. The van der Waals surface area contributed by atoms with Gasteiger partial charge in [-0.3, -0.25) is 14.6 Å². The van der Waals surface area contributed by atoms with Crippen molar-refractivity contribution in [2.24, 2.45) is 7.05 Å². The molecule has 0 fully saturated rings. The van der Waals surface area contributed by atoms with E-state index >= 15 is 0 Å². The van der Waals surface area contributed by atoms with Gasteiger partial charge < -0.3 is 9.88 Å². The molecule has 104 valence electrons. The summed E-state index contributed by atoms with van der Waals surface area (Å²) in [4.78, 5) is 28.5. The number of carbonyl (C=O) groups excluding carboxylic acids is 1. The number of hydrogen-bond acceptors (Lipinski definition) is 3. The summed E-state index contributed by atoms with van der Waals surface area (Å²) in [7, 11) is 1.63. The van der Waals surface area contributed by atoms with Gasteiger partial charge in [-0.15, -0.1) is 0 Å². The van der Waals surface area contributed by atoms with Crippen molar-refractivity contribution in [3.05, 3.63) is 70.9 Å². The summed E-state index contributed by atoms with van der Waals surface area (Å²) in [5.41, 5.74) is 0.945. The lowest BCUT2D eigenvalue weighted by molar-refractivity contribution is 0.102. The van der Waals surface area contributed by atoms with Gasteiger partial charge >= 0.3 is 0 Å². The van der Waals surface area contributed by atoms with Crippen LogP contribution >= 0.6 is 0 Å². The second-order valence-electron chi connectivity index (χ2n) is 4.70. The van der Waals surface area contributed by atoms with Gasteiger partial charge in [0.2, 0.25) is 0 Å². The quantitative estimate of drug-likeness (QED) is 0.782. The van der Waals surface area contributed by atoms with Gasteiger partial charge in [0.05, 0.1) is 17.4 Å². The maximum absolute atomic E-state index is 12.4. The smallest absolute Gasteiger partial charge is 0.258 e. The summed E-state index contributed by atoms with van der Waals surface area (Å²) in [6, 6.07) is 10.6. The number of hydrogen-bond donors (Lipinski definition) is 1. The Kier molecular flexibility index (Phi) is 3.23.